The van der Waals surface area contributed by atoms with Crippen LogP contribution in [0.3, 0.4) is 0 Å². The van der Waals surface area contributed by atoms with Crippen molar-refractivity contribution in [1.29, 1.82) is 0 Å². The second-order valence-corrected chi connectivity index (χ2v) is 5.51. The zero-order valence-corrected chi connectivity index (χ0v) is 14.2. The minimum atomic E-state index is -1.01. The fourth-order valence-corrected chi connectivity index (χ4v) is 2.03. The first-order valence-electron chi connectivity index (χ1n) is 7.42. The van der Waals surface area contributed by atoms with Gasteiger partial charge in [-0.2, -0.15) is 0 Å². The number of ether oxygens (including phenoxy) is 2. The molecule has 0 unspecified atom stereocenters. The maximum Gasteiger partial charge on any atom is 0.344 e. The van der Waals surface area contributed by atoms with E-state index in [9.17, 15) is 14.4 Å². The highest BCUT2D eigenvalue weighted by molar-refractivity contribution is 6.30. The Morgan fingerprint density at radius 1 is 1.16 bits per heavy atom. The molecule has 0 saturated carbocycles. The zero-order valence-electron chi connectivity index (χ0n) is 13.4. The van der Waals surface area contributed by atoms with E-state index in [2.05, 4.69) is 5.32 Å². The maximum absolute atomic E-state index is 12.0. The van der Waals surface area contributed by atoms with Crippen molar-refractivity contribution >= 4 is 35.5 Å². The number of nitrogens with one attached hydrogen (secondary N) is 1. The third-order valence-corrected chi connectivity index (χ3v) is 3.43. The lowest BCUT2D eigenvalue weighted by atomic mass is 10.2. The van der Waals surface area contributed by atoms with E-state index >= 15 is 0 Å². The Kier molecular flexibility index (Phi) is 6.54. The summed E-state index contributed by atoms with van der Waals surface area (Å²) in [6, 6.07) is 13.0. The van der Waals surface area contributed by atoms with Gasteiger partial charge in [-0.1, -0.05) is 23.7 Å². The number of carbonyl (C=O) groups is 3. The van der Waals surface area contributed by atoms with E-state index in [-0.39, 0.29) is 5.75 Å². The lowest BCUT2D eigenvalue weighted by Crippen LogP contribution is -2.31. The molecule has 0 radical (unpaired) electrons. The summed E-state index contributed by atoms with van der Waals surface area (Å²) < 4.78 is 10.3. The van der Waals surface area contributed by atoms with Gasteiger partial charge < -0.3 is 14.8 Å². The van der Waals surface area contributed by atoms with Crippen molar-refractivity contribution in [2.24, 2.45) is 0 Å². The van der Waals surface area contributed by atoms with E-state index in [0.717, 1.165) is 0 Å². The Morgan fingerprint density at radius 2 is 1.84 bits per heavy atom. The molecule has 2 aromatic rings. The van der Waals surface area contributed by atoms with E-state index in [1.54, 1.807) is 48.5 Å². The van der Waals surface area contributed by atoms with Crippen LogP contribution < -0.4 is 10.1 Å². The summed E-state index contributed by atoms with van der Waals surface area (Å²) in [5.41, 5.74) is 0.859. The van der Waals surface area contributed by atoms with Crippen molar-refractivity contribution in [3.8, 4) is 5.75 Å². The van der Waals surface area contributed by atoms with Crippen LogP contribution in [0, 0.1) is 0 Å². The molecule has 0 aliphatic heterocycles. The molecule has 0 aliphatic rings. The van der Waals surface area contributed by atoms with E-state index < -0.39 is 24.6 Å². The van der Waals surface area contributed by atoms with Gasteiger partial charge in [-0.05, 0) is 43.3 Å². The number of halogens is 1. The normalized spacial score (nSPS) is 11.3. The molecule has 0 aliphatic carbocycles. The first-order chi connectivity index (χ1) is 12.0. The number of hydrogen-bond acceptors (Lipinski definition) is 5. The Labute approximate surface area is 149 Å². The third-order valence-electron chi connectivity index (χ3n) is 3.18. The number of benzene rings is 2. The van der Waals surface area contributed by atoms with Crippen molar-refractivity contribution in [2.75, 3.05) is 11.9 Å². The molecule has 0 aromatic heterocycles. The molecule has 0 fully saturated rings. The second-order valence-electron chi connectivity index (χ2n) is 5.07. The summed E-state index contributed by atoms with van der Waals surface area (Å²) in [6.07, 6.45) is -0.379. The van der Waals surface area contributed by atoms with Crippen molar-refractivity contribution < 1.29 is 23.9 Å². The summed E-state index contributed by atoms with van der Waals surface area (Å²) >= 11 is 5.77. The molecule has 0 bridgehead atoms. The molecule has 0 heterocycles. The number of carbonyl (C=O) groups excluding carboxylic acids is 3. The minimum Gasteiger partial charge on any atom is -0.481 e. The van der Waals surface area contributed by atoms with Crippen LogP contribution in [-0.4, -0.2) is 30.9 Å². The SMILES string of the molecule is C[C@H](OC(=O)COc1ccccc1C=O)C(=O)Nc1ccc(Cl)cc1. The monoisotopic (exact) mass is 361 g/mol. The van der Waals surface area contributed by atoms with Crippen molar-refractivity contribution in [3.63, 3.8) is 0 Å². The van der Waals surface area contributed by atoms with Crippen LogP contribution in [0.25, 0.3) is 0 Å². The van der Waals surface area contributed by atoms with Gasteiger partial charge in [0.2, 0.25) is 0 Å². The zero-order chi connectivity index (χ0) is 18.2. The molecule has 1 atom stereocenters. The van der Waals surface area contributed by atoms with Crippen molar-refractivity contribution in [2.45, 2.75) is 13.0 Å². The molecular weight excluding hydrogens is 346 g/mol. The highest BCUT2D eigenvalue weighted by Crippen LogP contribution is 2.16. The lowest BCUT2D eigenvalue weighted by molar-refractivity contribution is -0.155. The fraction of sp³-hybridized carbons (Fsp3) is 0.167. The van der Waals surface area contributed by atoms with Crippen LogP contribution in [-0.2, 0) is 14.3 Å². The number of rotatable bonds is 7. The topological polar surface area (TPSA) is 81.7 Å². The summed E-state index contributed by atoms with van der Waals surface area (Å²) in [6.45, 7) is 1.03. The van der Waals surface area contributed by atoms with E-state index in [1.807, 2.05) is 0 Å². The molecule has 0 saturated heterocycles. The third kappa shape index (κ3) is 5.61. The van der Waals surface area contributed by atoms with Crippen LogP contribution in [0.1, 0.15) is 17.3 Å². The molecule has 7 heteroatoms. The molecule has 1 N–H and O–H groups in total. The first-order valence-corrected chi connectivity index (χ1v) is 7.80. The second kappa shape index (κ2) is 8.84. The smallest absolute Gasteiger partial charge is 0.344 e. The minimum absolute atomic E-state index is 0.271. The van der Waals surface area contributed by atoms with E-state index in [0.29, 0.717) is 22.6 Å². The van der Waals surface area contributed by atoms with Crippen LogP contribution in [0.4, 0.5) is 5.69 Å². The van der Waals surface area contributed by atoms with Crippen LogP contribution in [0.2, 0.25) is 5.02 Å². The number of para-hydroxylation sites is 1. The van der Waals surface area contributed by atoms with Gasteiger partial charge in [0.25, 0.3) is 5.91 Å². The highest BCUT2D eigenvalue weighted by atomic mass is 35.5. The van der Waals surface area contributed by atoms with Gasteiger partial charge in [-0.15, -0.1) is 0 Å². The predicted octanol–water partition coefficient (Wildman–Crippen LogP) is 3.10. The van der Waals surface area contributed by atoms with Gasteiger partial charge in [-0.25, -0.2) is 4.79 Å². The Morgan fingerprint density at radius 3 is 2.52 bits per heavy atom. The molecular formula is C18H16ClNO5. The van der Waals surface area contributed by atoms with Gasteiger partial charge in [0.05, 0.1) is 5.56 Å². The number of hydrogen-bond donors (Lipinski definition) is 1. The number of aldehydes is 1. The lowest BCUT2D eigenvalue weighted by Gasteiger charge is -2.14. The molecule has 2 rings (SSSR count). The molecule has 6 nitrogen and oxygen atoms in total. The van der Waals surface area contributed by atoms with E-state index in [4.69, 9.17) is 21.1 Å². The average Bonchev–Trinajstić information content (AvgIpc) is 2.62. The van der Waals surface area contributed by atoms with Crippen LogP contribution in [0.5, 0.6) is 5.75 Å². The van der Waals surface area contributed by atoms with Gasteiger partial charge in [0, 0.05) is 10.7 Å². The standard InChI is InChI=1S/C18H16ClNO5/c1-12(18(23)20-15-8-6-14(19)7-9-15)25-17(22)11-24-16-5-3-2-4-13(16)10-21/h2-10,12H,11H2,1H3,(H,20,23)/t12-/m0/s1. The predicted molar refractivity (Wildman–Crippen MR) is 93.0 cm³/mol. The number of esters is 1. The Bertz CT molecular complexity index is 760. The fourth-order valence-electron chi connectivity index (χ4n) is 1.91. The summed E-state index contributed by atoms with van der Waals surface area (Å²) in [5.74, 6) is -0.934. The summed E-state index contributed by atoms with van der Waals surface area (Å²) in [4.78, 5) is 34.7. The van der Waals surface area contributed by atoms with Crippen LogP contribution >= 0.6 is 11.6 Å². The summed E-state index contributed by atoms with van der Waals surface area (Å²) in [7, 11) is 0. The molecule has 130 valence electrons. The van der Waals surface area contributed by atoms with E-state index in [1.165, 1.54) is 6.92 Å². The van der Waals surface area contributed by atoms with Crippen LogP contribution in [0.15, 0.2) is 48.5 Å². The van der Waals surface area contributed by atoms with Gasteiger partial charge in [0.15, 0.2) is 19.0 Å². The maximum atomic E-state index is 12.0. The quantitative estimate of drug-likeness (QED) is 0.605. The number of anilines is 1. The Balaban J connectivity index is 1.83. The van der Waals surface area contributed by atoms with Crippen molar-refractivity contribution in [3.05, 3.63) is 59.1 Å². The van der Waals surface area contributed by atoms with Gasteiger partial charge >= 0.3 is 5.97 Å². The molecule has 25 heavy (non-hydrogen) atoms. The molecule has 0 spiro atoms. The largest absolute Gasteiger partial charge is 0.481 e. The molecule has 2 aromatic carbocycles. The first kappa shape index (κ1) is 18.5. The number of amides is 1. The van der Waals surface area contributed by atoms with Gasteiger partial charge in [-0.3, -0.25) is 9.59 Å². The highest BCUT2D eigenvalue weighted by Gasteiger charge is 2.18. The Hall–Kier alpha value is -2.86. The summed E-state index contributed by atoms with van der Waals surface area (Å²) in [5, 5.41) is 3.15. The van der Waals surface area contributed by atoms with Gasteiger partial charge in [0.1, 0.15) is 5.75 Å². The van der Waals surface area contributed by atoms with Crippen molar-refractivity contribution in [1.82, 2.24) is 0 Å². The molecule has 1 amide bonds. The average molecular weight is 362 g/mol.